The first-order chi connectivity index (χ1) is 9.38. The first kappa shape index (κ1) is 15.8. The number of aryl methyl sites for hydroxylation is 2. The fraction of sp³-hybridized carbons (Fsp3) is 0.250. The molecule has 0 radical (unpaired) electrons. The van der Waals surface area contributed by atoms with Gasteiger partial charge in [0.15, 0.2) is 0 Å². The SMILES string of the molecule is Cc1cc(C(Br)Cc2ccc(Cl)c(Cl)c2)cc(C)c1F. The van der Waals surface area contributed by atoms with Crippen LogP contribution in [0.2, 0.25) is 10.0 Å². The van der Waals surface area contributed by atoms with Crippen molar-refractivity contribution in [3.05, 3.63) is 68.4 Å². The number of rotatable bonds is 3. The van der Waals surface area contributed by atoms with Crippen molar-refractivity contribution in [2.45, 2.75) is 25.1 Å². The summed E-state index contributed by atoms with van der Waals surface area (Å²) in [5, 5.41) is 1.10. The van der Waals surface area contributed by atoms with Gasteiger partial charge in [-0.2, -0.15) is 0 Å². The van der Waals surface area contributed by atoms with E-state index < -0.39 is 0 Å². The number of hydrogen-bond donors (Lipinski definition) is 0. The minimum atomic E-state index is -0.136. The van der Waals surface area contributed by atoms with Crippen LogP contribution < -0.4 is 0 Å². The van der Waals surface area contributed by atoms with Crippen molar-refractivity contribution in [3.8, 4) is 0 Å². The second kappa shape index (κ2) is 6.46. The zero-order chi connectivity index (χ0) is 14.9. The van der Waals surface area contributed by atoms with Gasteiger partial charge < -0.3 is 0 Å². The van der Waals surface area contributed by atoms with E-state index in [4.69, 9.17) is 23.2 Å². The summed E-state index contributed by atoms with van der Waals surface area (Å²) in [6, 6.07) is 9.35. The number of alkyl halides is 1. The van der Waals surface area contributed by atoms with Gasteiger partial charge in [-0.1, -0.05) is 57.3 Å². The van der Waals surface area contributed by atoms with Gasteiger partial charge in [-0.15, -0.1) is 0 Å². The van der Waals surface area contributed by atoms with Gasteiger partial charge in [0.1, 0.15) is 5.82 Å². The summed E-state index contributed by atoms with van der Waals surface area (Å²) in [7, 11) is 0. The molecule has 0 aliphatic carbocycles. The van der Waals surface area contributed by atoms with Gasteiger partial charge in [0.2, 0.25) is 0 Å². The lowest BCUT2D eigenvalue weighted by Crippen LogP contribution is -1.99. The summed E-state index contributed by atoms with van der Waals surface area (Å²) in [5.74, 6) is -0.136. The van der Waals surface area contributed by atoms with E-state index in [1.54, 1.807) is 19.9 Å². The van der Waals surface area contributed by atoms with Gasteiger partial charge in [0.05, 0.1) is 10.0 Å². The van der Waals surface area contributed by atoms with Crippen molar-refractivity contribution >= 4 is 39.1 Å². The Hall–Kier alpha value is -0.570. The van der Waals surface area contributed by atoms with Crippen molar-refractivity contribution in [1.82, 2.24) is 0 Å². The predicted molar refractivity (Wildman–Crippen MR) is 87.7 cm³/mol. The Balaban J connectivity index is 2.23. The van der Waals surface area contributed by atoms with Crippen molar-refractivity contribution in [1.29, 1.82) is 0 Å². The van der Waals surface area contributed by atoms with Crippen LogP contribution >= 0.6 is 39.1 Å². The van der Waals surface area contributed by atoms with E-state index in [0.717, 1.165) is 17.5 Å². The molecule has 0 spiro atoms. The molecule has 0 saturated carbocycles. The van der Waals surface area contributed by atoms with E-state index in [2.05, 4.69) is 15.9 Å². The van der Waals surface area contributed by atoms with Crippen LogP contribution in [0.4, 0.5) is 4.39 Å². The van der Waals surface area contributed by atoms with Crippen LogP contribution in [0.5, 0.6) is 0 Å². The topological polar surface area (TPSA) is 0 Å². The molecular weight excluding hydrogens is 362 g/mol. The van der Waals surface area contributed by atoms with Crippen molar-refractivity contribution in [2.24, 2.45) is 0 Å². The molecule has 2 aromatic carbocycles. The van der Waals surface area contributed by atoms with E-state index in [-0.39, 0.29) is 10.6 Å². The Labute approximate surface area is 137 Å². The second-order valence-corrected chi connectivity index (χ2v) is 6.81. The van der Waals surface area contributed by atoms with Gasteiger partial charge in [-0.3, -0.25) is 0 Å². The maximum Gasteiger partial charge on any atom is 0.129 e. The maximum absolute atomic E-state index is 13.7. The average Bonchev–Trinajstić information content (AvgIpc) is 2.39. The molecule has 0 amide bonds. The van der Waals surface area contributed by atoms with Crippen LogP contribution in [0.3, 0.4) is 0 Å². The molecule has 1 unspecified atom stereocenters. The average molecular weight is 376 g/mol. The van der Waals surface area contributed by atoms with Crippen LogP contribution in [0, 0.1) is 19.7 Å². The Bertz CT molecular complexity index is 617. The van der Waals surface area contributed by atoms with Crippen molar-refractivity contribution in [2.75, 3.05) is 0 Å². The third-order valence-electron chi connectivity index (χ3n) is 3.22. The second-order valence-electron chi connectivity index (χ2n) is 4.89. The first-order valence-corrected chi connectivity index (χ1v) is 7.90. The van der Waals surface area contributed by atoms with Gasteiger partial charge in [0.25, 0.3) is 0 Å². The summed E-state index contributed by atoms with van der Waals surface area (Å²) in [6.45, 7) is 3.56. The molecule has 0 aliphatic heterocycles. The quantitative estimate of drug-likeness (QED) is 0.542. The Morgan fingerprint density at radius 2 is 1.65 bits per heavy atom. The maximum atomic E-state index is 13.7. The molecule has 2 aromatic rings. The fourth-order valence-corrected chi connectivity index (χ4v) is 3.11. The highest BCUT2D eigenvalue weighted by molar-refractivity contribution is 9.09. The van der Waals surface area contributed by atoms with Crippen molar-refractivity contribution < 1.29 is 4.39 Å². The lowest BCUT2D eigenvalue weighted by atomic mass is 10.00. The standard InChI is InChI=1S/C16H14BrCl2F/c1-9-5-12(6-10(2)16(9)20)13(17)7-11-3-4-14(18)15(19)8-11/h3-6,8,13H,7H2,1-2H3. The fourth-order valence-electron chi connectivity index (χ4n) is 2.15. The summed E-state index contributed by atoms with van der Waals surface area (Å²) < 4.78 is 13.7. The zero-order valence-corrected chi connectivity index (χ0v) is 14.3. The Morgan fingerprint density at radius 3 is 2.20 bits per heavy atom. The predicted octanol–water partition coefficient (Wildman–Crippen LogP) is 6.43. The third kappa shape index (κ3) is 3.55. The molecule has 0 bridgehead atoms. The van der Waals surface area contributed by atoms with Crippen molar-refractivity contribution in [3.63, 3.8) is 0 Å². The minimum Gasteiger partial charge on any atom is -0.206 e. The smallest absolute Gasteiger partial charge is 0.129 e. The highest BCUT2D eigenvalue weighted by atomic mass is 79.9. The van der Waals surface area contributed by atoms with Gasteiger partial charge in [-0.25, -0.2) is 4.39 Å². The lowest BCUT2D eigenvalue weighted by molar-refractivity contribution is 0.608. The molecule has 1 atom stereocenters. The van der Waals surface area contributed by atoms with Crippen LogP contribution in [0.15, 0.2) is 30.3 Å². The van der Waals surface area contributed by atoms with E-state index in [9.17, 15) is 4.39 Å². The highest BCUT2D eigenvalue weighted by Crippen LogP contribution is 2.31. The molecule has 0 heterocycles. The summed E-state index contributed by atoms with van der Waals surface area (Å²) >= 11 is 15.6. The minimum absolute atomic E-state index is 0.109. The van der Waals surface area contributed by atoms with E-state index >= 15 is 0 Å². The van der Waals surface area contributed by atoms with E-state index in [0.29, 0.717) is 21.2 Å². The summed E-state index contributed by atoms with van der Waals surface area (Å²) in [4.78, 5) is 0.109. The molecule has 0 aromatic heterocycles. The zero-order valence-electron chi connectivity index (χ0n) is 11.2. The summed E-state index contributed by atoms with van der Waals surface area (Å²) in [5.41, 5.74) is 3.48. The summed E-state index contributed by atoms with van der Waals surface area (Å²) in [6.07, 6.45) is 0.765. The molecule has 0 saturated heterocycles. The van der Waals surface area contributed by atoms with Crippen LogP contribution in [0.25, 0.3) is 0 Å². The normalized spacial score (nSPS) is 12.5. The molecule has 0 fully saturated rings. The van der Waals surface area contributed by atoms with Gasteiger partial charge in [-0.05, 0) is 54.7 Å². The highest BCUT2D eigenvalue weighted by Gasteiger charge is 2.13. The molecular formula is C16H14BrCl2F. The molecule has 0 nitrogen and oxygen atoms in total. The molecule has 0 aliphatic rings. The molecule has 106 valence electrons. The monoisotopic (exact) mass is 374 g/mol. The third-order valence-corrected chi connectivity index (χ3v) is 4.81. The number of halogens is 4. The van der Waals surface area contributed by atoms with Crippen LogP contribution in [0.1, 0.15) is 27.1 Å². The van der Waals surface area contributed by atoms with Gasteiger partial charge >= 0.3 is 0 Å². The largest absolute Gasteiger partial charge is 0.206 e. The number of benzene rings is 2. The van der Waals surface area contributed by atoms with E-state index in [1.807, 2.05) is 24.3 Å². The lowest BCUT2D eigenvalue weighted by Gasteiger charge is -2.13. The van der Waals surface area contributed by atoms with Crippen LogP contribution in [-0.2, 0) is 6.42 Å². The van der Waals surface area contributed by atoms with Crippen LogP contribution in [-0.4, -0.2) is 0 Å². The Morgan fingerprint density at radius 1 is 1.05 bits per heavy atom. The molecule has 2 rings (SSSR count). The number of hydrogen-bond acceptors (Lipinski definition) is 0. The van der Waals surface area contributed by atoms with E-state index in [1.165, 1.54) is 0 Å². The van der Waals surface area contributed by atoms with Gasteiger partial charge in [0, 0.05) is 4.83 Å². The molecule has 20 heavy (non-hydrogen) atoms. The Kier molecular flexibility index (Phi) is 5.11. The molecule has 0 N–H and O–H groups in total. The molecule has 4 heteroatoms. The first-order valence-electron chi connectivity index (χ1n) is 6.23.